The number of hydrogen-bond acceptors (Lipinski definition) is 9. The van der Waals surface area contributed by atoms with Crippen molar-refractivity contribution in [3.05, 3.63) is 133 Å². The molecule has 3 amide bonds. The van der Waals surface area contributed by atoms with E-state index in [1.807, 2.05) is 36.4 Å². The number of aldehydes is 1. The topological polar surface area (TPSA) is 106 Å². The van der Waals surface area contributed by atoms with Gasteiger partial charge >= 0.3 is 0 Å². The molecule has 332 valence electrons. The number of amides is 3. The first-order chi connectivity index (χ1) is 30.4. The molecular weight excluding hydrogens is 931 g/mol. The van der Waals surface area contributed by atoms with Gasteiger partial charge in [0.15, 0.2) is 11.6 Å². The van der Waals surface area contributed by atoms with Crippen LogP contribution < -0.4 is 10.1 Å². The van der Waals surface area contributed by atoms with Crippen LogP contribution in [0.1, 0.15) is 63.2 Å². The molecule has 0 aliphatic carbocycles. The van der Waals surface area contributed by atoms with E-state index in [4.69, 9.17) is 4.74 Å². The number of fused-ring (bicyclic) bond motifs is 1. The number of carbonyl (C=O) groups excluding carboxylic acids is 4. The van der Waals surface area contributed by atoms with Crippen LogP contribution in [0.15, 0.2) is 93.9 Å². The van der Waals surface area contributed by atoms with Gasteiger partial charge in [-0.2, -0.15) is 0 Å². The lowest BCUT2D eigenvalue weighted by molar-refractivity contribution is -0.127. The van der Waals surface area contributed by atoms with Crippen molar-refractivity contribution in [2.75, 3.05) is 79.1 Å². The fourth-order valence-electron chi connectivity index (χ4n) is 7.98. The van der Waals surface area contributed by atoms with Crippen LogP contribution >= 0.6 is 31.9 Å². The summed E-state index contributed by atoms with van der Waals surface area (Å²) in [4.78, 5) is 59.6. The maximum atomic E-state index is 14.8. The molecule has 4 heterocycles. The number of nitrogens with zero attached hydrogens (tertiary/aromatic N) is 5. The van der Waals surface area contributed by atoms with Crippen molar-refractivity contribution >= 4 is 55.9 Å². The monoisotopic (exact) mass is 984 g/mol. The number of likely N-dealkylation sites (N-methyl/N-ethyl adjacent to an activating group) is 2. The summed E-state index contributed by atoms with van der Waals surface area (Å²) in [6, 6.07) is 26.8. The average Bonchev–Trinajstić information content (AvgIpc) is 3.77. The minimum atomic E-state index is -1.41. The van der Waals surface area contributed by atoms with E-state index in [1.54, 1.807) is 18.2 Å². The number of carbonyl (C=O) groups is 4. The molecule has 0 bridgehead atoms. The highest BCUT2D eigenvalue weighted by Crippen LogP contribution is 2.35. The third-order valence-electron chi connectivity index (χ3n) is 11.8. The Morgan fingerprint density at radius 3 is 1.71 bits per heavy atom. The Morgan fingerprint density at radius 2 is 1.24 bits per heavy atom. The fraction of sp³-hybridized carbons (Fsp3) is 0.388. The molecule has 0 saturated carbocycles. The summed E-state index contributed by atoms with van der Waals surface area (Å²) in [7, 11) is 1.33. The number of ether oxygens (including phenoxy) is 1. The van der Waals surface area contributed by atoms with Crippen molar-refractivity contribution in [2.24, 2.45) is 5.41 Å². The van der Waals surface area contributed by atoms with E-state index < -0.39 is 29.0 Å². The Balaban J connectivity index is 0.000000215. The first-order valence-corrected chi connectivity index (χ1v) is 23.0. The Bertz CT molecular complexity index is 2270. The van der Waals surface area contributed by atoms with Crippen molar-refractivity contribution in [2.45, 2.75) is 39.9 Å². The van der Waals surface area contributed by atoms with Crippen LogP contribution in [-0.4, -0.2) is 128 Å². The molecule has 0 radical (unpaired) electrons. The summed E-state index contributed by atoms with van der Waals surface area (Å²) in [5, 5.41) is 2.32. The van der Waals surface area contributed by atoms with Gasteiger partial charge in [0.05, 0.1) is 19.1 Å². The van der Waals surface area contributed by atoms with E-state index in [9.17, 15) is 23.6 Å². The summed E-state index contributed by atoms with van der Waals surface area (Å²) in [5.41, 5.74) is 3.04. The van der Waals surface area contributed by atoms with E-state index in [0.29, 0.717) is 16.7 Å². The third kappa shape index (κ3) is 12.9. The number of hydrogen-bond donors (Lipinski definition) is 1. The quantitative estimate of drug-likeness (QED) is 0.104. The Morgan fingerprint density at radius 1 is 0.730 bits per heavy atom. The smallest absolute Gasteiger partial charge is 0.257 e. The number of methoxy groups -OCH3 is 1. The van der Waals surface area contributed by atoms with Crippen LogP contribution in [0.2, 0.25) is 0 Å². The summed E-state index contributed by atoms with van der Waals surface area (Å²) in [6.07, 6.45) is 0.666. The SMILES string of the molecule is CCN1CCN(Cc2ccc(Br)cc2)CC1.CCN1CCN(Cc2ccc(C#C[C@]3(CN4Cc5ccc(OC)c(F)c5C4=O)CC(=O)NC3=O)cc2)CC1.O=Cc1ccc(Br)cc1. The highest BCUT2D eigenvalue weighted by atomic mass is 79.9. The van der Waals surface area contributed by atoms with Gasteiger partial charge in [-0.3, -0.25) is 34.3 Å². The molecule has 1 atom stereocenters. The summed E-state index contributed by atoms with van der Waals surface area (Å²) < 4.78 is 21.9. The van der Waals surface area contributed by atoms with Gasteiger partial charge < -0.3 is 19.4 Å². The van der Waals surface area contributed by atoms with Crippen molar-refractivity contribution in [3.8, 4) is 17.6 Å². The molecular formula is C49H55Br2FN6O5. The van der Waals surface area contributed by atoms with E-state index in [2.05, 4.69) is 107 Å². The Hall–Kier alpha value is -4.75. The molecule has 0 spiro atoms. The number of imide groups is 1. The number of nitrogens with one attached hydrogen (secondary N) is 1. The van der Waals surface area contributed by atoms with Crippen LogP contribution in [0.4, 0.5) is 4.39 Å². The minimum Gasteiger partial charge on any atom is -0.494 e. The predicted molar refractivity (Wildman–Crippen MR) is 250 cm³/mol. The number of rotatable bonds is 10. The molecule has 4 aliphatic heterocycles. The molecule has 1 N–H and O–H groups in total. The van der Waals surface area contributed by atoms with Crippen LogP contribution in [-0.2, 0) is 29.2 Å². The molecule has 8 rings (SSSR count). The molecule has 4 aromatic rings. The lowest BCUT2D eigenvalue weighted by Gasteiger charge is -2.34. The van der Waals surface area contributed by atoms with Gasteiger partial charge in [0.1, 0.15) is 11.7 Å². The fourth-order valence-corrected chi connectivity index (χ4v) is 8.51. The first-order valence-electron chi connectivity index (χ1n) is 21.4. The maximum absolute atomic E-state index is 14.8. The molecule has 0 unspecified atom stereocenters. The van der Waals surface area contributed by atoms with Crippen LogP contribution in [0.25, 0.3) is 0 Å². The Kier molecular flexibility index (Phi) is 17.2. The lowest BCUT2D eigenvalue weighted by atomic mass is 9.85. The highest BCUT2D eigenvalue weighted by molar-refractivity contribution is 9.10. The largest absolute Gasteiger partial charge is 0.494 e. The minimum absolute atomic E-state index is 0.0195. The molecule has 4 aromatic carbocycles. The van der Waals surface area contributed by atoms with Gasteiger partial charge in [-0.25, -0.2) is 4.39 Å². The average molecular weight is 987 g/mol. The van der Waals surface area contributed by atoms with Crippen molar-refractivity contribution in [1.82, 2.24) is 29.8 Å². The van der Waals surface area contributed by atoms with E-state index in [-0.39, 0.29) is 30.8 Å². The summed E-state index contributed by atoms with van der Waals surface area (Å²) in [5.74, 6) is 3.77. The van der Waals surface area contributed by atoms with Gasteiger partial charge in [-0.15, -0.1) is 0 Å². The van der Waals surface area contributed by atoms with Crippen molar-refractivity contribution < 1.29 is 28.3 Å². The molecule has 14 heteroatoms. The second-order valence-electron chi connectivity index (χ2n) is 16.1. The lowest BCUT2D eigenvalue weighted by Crippen LogP contribution is -2.45. The second-order valence-corrected chi connectivity index (χ2v) is 17.9. The second kappa shape index (κ2) is 22.7. The van der Waals surface area contributed by atoms with Crippen molar-refractivity contribution in [1.29, 1.82) is 0 Å². The summed E-state index contributed by atoms with van der Waals surface area (Å²) >= 11 is 6.73. The van der Waals surface area contributed by atoms with Gasteiger partial charge in [-0.05, 0) is 72.2 Å². The zero-order valence-corrected chi connectivity index (χ0v) is 39.4. The van der Waals surface area contributed by atoms with Crippen molar-refractivity contribution in [3.63, 3.8) is 0 Å². The molecule has 11 nitrogen and oxygen atoms in total. The zero-order chi connectivity index (χ0) is 44.9. The summed E-state index contributed by atoms with van der Waals surface area (Å²) in [6.45, 7) is 17.7. The highest BCUT2D eigenvalue weighted by Gasteiger charge is 2.49. The van der Waals surface area contributed by atoms with Crippen LogP contribution in [0, 0.1) is 23.1 Å². The molecule has 63 heavy (non-hydrogen) atoms. The normalized spacial score (nSPS) is 19.2. The van der Waals surface area contributed by atoms with Gasteiger partial charge in [0.2, 0.25) is 11.8 Å². The first kappa shape index (κ1) is 47.7. The van der Waals surface area contributed by atoms with E-state index in [0.717, 1.165) is 61.0 Å². The van der Waals surface area contributed by atoms with E-state index in [1.165, 1.54) is 61.9 Å². The molecule has 4 aliphatic rings. The zero-order valence-electron chi connectivity index (χ0n) is 36.2. The maximum Gasteiger partial charge on any atom is 0.257 e. The number of benzene rings is 4. The van der Waals surface area contributed by atoms with Gasteiger partial charge in [0.25, 0.3) is 5.91 Å². The molecule has 3 fully saturated rings. The van der Waals surface area contributed by atoms with Crippen LogP contribution in [0.5, 0.6) is 5.75 Å². The Labute approximate surface area is 387 Å². The van der Waals surface area contributed by atoms with Gasteiger partial charge in [0, 0.05) is 98.6 Å². The third-order valence-corrected chi connectivity index (χ3v) is 12.9. The van der Waals surface area contributed by atoms with E-state index >= 15 is 0 Å². The molecule has 3 saturated heterocycles. The standard InChI is InChI=1S/C29H31FN4O4.C13H19BrN2.C7H5BrO/c1-3-32-12-14-33(15-13-32)17-21-6-4-20(5-7-21)10-11-29(16-24(35)31-28(29)37)19-34-18-22-8-9-23(38-2)26(30)25(22)27(34)36;1-2-15-7-9-16(10-8-15)11-12-3-5-13(14)6-4-12;8-7-3-1-6(5-9)2-4-7/h4-9H,3,12-19H2,1-2H3,(H,31,35,37);3-6H,2,7-11H2,1H3;1-5H/t29-;;/m1../s1. The molecule has 0 aromatic heterocycles. The predicted octanol–water partition coefficient (Wildman–Crippen LogP) is 6.86. The van der Waals surface area contributed by atoms with Crippen LogP contribution in [0.3, 0.4) is 0 Å². The number of piperazine rings is 2. The number of halogens is 3. The van der Waals surface area contributed by atoms with Gasteiger partial charge in [-0.1, -0.05) is 100 Å².